The maximum Gasteiger partial charge on any atom is 0.452 e. The zero-order chi connectivity index (χ0) is 35.1. The van der Waals surface area contributed by atoms with Crippen molar-refractivity contribution in [2.45, 2.75) is 112 Å². The van der Waals surface area contributed by atoms with Gasteiger partial charge >= 0.3 is 18.2 Å². The molecule has 3 N–H and O–H groups in total. The summed E-state index contributed by atoms with van der Waals surface area (Å²) < 4.78 is 33.4. The number of allylic oxidation sites excluding steroid dienone is 1. The lowest BCUT2D eigenvalue weighted by Gasteiger charge is -2.30. The molecule has 1 aliphatic rings. The standard InChI is InChI=1S/C31H50N6O9/c1-16(2)21(35-36-28(39)45-30(6,7)8)25-33-22(18(5)41-12)19(43-25)14-15-20-23(27(38)42-13)34-26(44-20)24(17(3)4)37(32)29(40)46-31(9,10)11/h16-17,21,24-25,33H,5,14-15,32H2,1-4,6-13H3. The van der Waals surface area contributed by atoms with Crippen LogP contribution >= 0.6 is 0 Å². The number of azo groups is 1. The van der Waals surface area contributed by atoms with E-state index in [9.17, 15) is 14.4 Å². The fourth-order valence-electron chi connectivity index (χ4n) is 4.38. The Bertz CT molecular complexity index is 1320. The number of hydrogen-bond donors (Lipinski definition) is 2. The van der Waals surface area contributed by atoms with Gasteiger partial charge in [-0.2, -0.15) is 5.11 Å². The molecule has 1 aromatic rings. The number of nitrogens with one attached hydrogen (secondary N) is 1. The van der Waals surface area contributed by atoms with E-state index in [0.717, 1.165) is 5.01 Å². The Morgan fingerprint density at radius 3 is 2.11 bits per heavy atom. The van der Waals surface area contributed by atoms with Crippen molar-refractivity contribution in [2.75, 3.05) is 14.2 Å². The first-order chi connectivity index (χ1) is 21.2. The van der Waals surface area contributed by atoms with Gasteiger partial charge in [-0.1, -0.05) is 39.4 Å². The van der Waals surface area contributed by atoms with Crippen LogP contribution in [0.4, 0.5) is 9.59 Å². The van der Waals surface area contributed by atoms with Crippen LogP contribution < -0.4 is 11.2 Å². The first kappa shape index (κ1) is 38.0. The van der Waals surface area contributed by atoms with Gasteiger partial charge < -0.3 is 33.4 Å². The highest BCUT2D eigenvalue weighted by Gasteiger charge is 2.37. The number of aromatic nitrogens is 1. The van der Waals surface area contributed by atoms with E-state index in [1.807, 2.05) is 27.7 Å². The average molecular weight is 651 g/mol. The molecule has 2 amide bonds. The molecule has 1 aromatic heterocycles. The smallest absolute Gasteiger partial charge is 0.452 e. The fourth-order valence-corrected chi connectivity index (χ4v) is 4.38. The van der Waals surface area contributed by atoms with E-state index in [4.69, 9.17) is 33.9 Å². The van der Waals surface area contributed by atoms with E-state index in [1.54, 1.807) is 41.5 Å². The fraction of sp³-hybridized carbons (Fsp3) is 0.677. The van der Waals surface area contributed by atoms with Crippen molar-refractivity contribution >= 4 is 18.2 Å². The largest absolute Gasteiger partial charge is 0.495 e. The molecule has 0 saturated heterocycles. The van der Waals surface area contributed by atoms with Crippen molar-refractivity contribution in [2.24, 2.45) is 27.9 Å². The molecular formula is C31H50N6O9. The van der Waals surface area contributed by atoms with Crippen LogP contribution in [0.5, 0.6) is 0 Å². The predicted molar refractivity (Wildman–Crippen MR) is 167 cm³/mol. The minimum Gasteiger partial charge on any atom is -0.495 e. The highest BCUT2D eigenvalue weighted by atomic mass is 16.6. The van der Waals surface area contributed by atoms with Gasteiger partial charge in [0.15, 0.2) is 11.9 Å². The summed E-state index contributed by atoms with van der Waals surface area (Å²) in [6.07, 6.45) is -1.98. The Hall–Kier alpha value is -4.14. The number of carbonyl (C=O) groups is 3. The molecular weight excluding hydrogens is 600 g/mol. The number of amides is 2. The molecule has 258 valence electrons. The monoisotopic (exact) mass is 650 g/mol. The molecule has 46 heavy (non-hydrogen) atoms. The van der Waals surface area contributed by atoms with Gasteiger partial charge in [0, 0.05) is 12.8 Å². The lowest BCUT2D eigenvalue weighted by Crippen LogP contribution is -2.45. The predicted octanol–water partition coefficient (Wildman–Crippen LogP) is 5.93. The molecule has 0 spiro atoms. The number of hydrazine groups is 1. The van der Waals surface area contributed by atoms with Crippen molar-refractivity contribution in [1.29, 1.82) is 0 Å². The number of nitrogens with zero attached hydrogens (tertiary/aromatic N) is 4. The number of hydrogen-bond acceptors (Lipinski definition) is 13. The van der Waals surface area contributed by atoms with Gasteiger partial charge in [0.2, 0.25) is 5.89 Å². The van der Waals surface area contributed by atoms with Crippen LogP contribution in [-0.2, 0) is 30.1 Å². The van der Waals surface area contributed by atoms with Gasteiger partial charge in [0.1, 0.15) is 46.3 Å². The quantitative estimate of drug-likeness (QED) is 0.0516. The van der Waals surface area contributed by atoms with E-state index in [0.29, 0.717) is 17.2 Å². The molecule has 0 radical (unpaired) electrons. The van der Waals surface area contributed by atoms with Gasteiger partial charge in [0.25, 0.3) is 0 Å². The van der Waals surface area contributed by atoms with E-state index < -0.39 is 47.7 Å². The number of carbonyl (C=O) groups excluding carboxylic acids is 3. The Kier molecular flexibility index (Phi) is 12.8. The summed E-state index contributed by atoms with van der Waals surface area (Å²) in [4.78, 5) is 42.1. The molecule has 0 aromatic carbocycles. The minimum absolute atomic E-state index is 0.0417. The lowest BCUT2D eigenvalue weighted by molar-refractivity contribution is 0.00652. The van der Waals surface area contributed by atoms with Crippen molar-refractivity contribution in [1.82, 2.24) is 15.3 Å². The van der Waals surface area contributed by atoms with E-state index in [2.05, 4.69) is 27.1 Å². The molecule has 15 nitrogen and oxygen atoms in total. The number of oxazole rings is 1. The van der Waals surface area contributed by atoms with Gasteiger partial charge in [-0.15, -0.1) is 0 Å². The summed E-state index contributed by atoms with van der Waals surface area (Å²) in [6.45, 7) is 21.8. The lowest BCUT2D eigenvalue weighted by atomic mass is 10.0. The number of nitrogens with two attached hydrogens (primary N) is 1. The van der Waals surface area contributed by atoms with E-state index >= 15 is 0 Å². The van der Waals surface area contributed by atoms with Gasteiger partial charge in [-0.3, -0.25) is 0 Å². The number of aryl methyl sites for hydroxylation is 1. The molecule has 0 aliphatic carbocycles. The third-order valence-electron chi connectivity index (χ3n) is 6.48. The van der Waals surface area contributed by atoms with Gasteiger partial charge in [-0.05, 0) is 53.4 Å². The van der Waals surface area contributed by atoms with Crippen molar-refractivity contribution in [3.05, 3.63) is 41.1 Å². The van der Waals surface area contributed by atoms with E-state index in [1.165, 1.54) is 14.2 Å². The van der Waals surface area contributed by atoms with Crippen LogP contribution in [0.25, 0.3) is 0 Å². The molecule has 2 heterocycles. The average Bonchev–Trinajstić information content (AvgIpc) is 3.53. The SMILES string of the molecule is C=C(OC)C1=C(CCc2oc(C(C(C)C)N(N)C(=O)OC(C)(C)C)nc2C(=O)OC)OC(C(N=NC(=O)OC(C)(C)C)C(C)C)N1. The van der Waals surface area contributed by atoms with E-state index in [-0.39, 0.29) is 42.0 Å². The van der Waals surface area contributed by atoms with Crippen LogP contribution in [0.2, 0.25) is 0 Å². The highest BCUT2D eigenvalue weighted by molar-refractivity contribution is 5.88. The Morgan fingerprint density at radius 2 is 1.61 bits per heavy atom. The normalized spacial score (nSPS) is 16.6. The van der Waals surface area contributed by atoms with Gasteiger partial charge in [-0.25, -0.2) is 30.2 Å². The second-order valence-corrected chi connectivity index (χ2v) is 13.4. The van der Waals surface area contributed by atoms with Crippen molar-refractivity contribution < 1.29 is 42.5 Å². The molecule has 3 atom stereocenters. The number of rotatable bonds is 12. The van der Waals surface area contributed by atoms with Crippen molar-refractivity contribution in [3.8, 4) is 0 Å². The Labute approximate surface area is 270 Å². The zero-order valence-electron chi connectivity index (χ0n) is 29.0. The second kappa shape index (κ2) is 15.4. The third-order valence-corrected chi connectivity index (χ3v) is 6.48. The van der Waals surface area contributed by atoms with Crippen LogP contribution in [0, 0.1) is 11.8 Å². The molecule has 0 bridgehead atoms. The molecule has 15 heteroatoms. The second-order valence-electron chi connectivity index (χ2n) is 13.4. The first-order valence-electron chi connectivity index (χ1n) is 15.1. The molecule has 0 saturated carbocycles. The maximum atomic E-state index is 12.8. The topological polar surface area (TPSA) is 189 Å². The maximum absolute atomic E-state index is 12.8. The number of esters is 1. The van der Waals surface area contributed by atoms with Crippen LogP contribution in [0.1, 0.15) is 104 Å². The third kappa shape index (κ3) is 10.5. The molecule has 0 fully saturated rings. The number of methoxy groups -OCH3 is 2. The zero-order valence-corrected chi connectivity index (χ0v) is 29.0. The minimum atomic E-state index is -0.856. The summed E-state index contributed by atoms with van der Waals surface area (Å²) in [7, 11) is 2.70. The van der Waals surface area contributed by atoms with Crippen molar-refractivity contribution in [3.63, 3.8) is 0 Å². The summed E-state index contributed by atoms with van der Waals surface area (Å²) in [6, 6.07) is -1.45. The molecule has 1 aliphatic heterocycles. The first-order valence-corrected chi connectivity index (χ1v) is 15.1. The Morgan fingerprint density at radius 1 is 1.00 bits per heavy atom. The summed E-state index contributed by atoms with van der Waals surface area (Å²) in [5.41, 5.74) is -1.10. The molecule has 2 rings (SSSR count). The molecule has 3 unspecified atom stereocenters. The summed E-state index contributed by atoms with van der Waals surface area (Å²) in [5.74, 6) is 6.07. The van der Waals surface area contributed by atoms with Crippen LogP contribution in [0.15, 0.2) is 38.4 Å². The van der Waals surface area contributed by atoms with Gasteiger partial charge in [0.05, 0.1) is 14.2 Å². The van der Waals surface area contributed by atoms with Crippen LogP contribution in [0.3, 0.4) is 0 Å². The summed E-state index contributed by atoms with van der Waals surface area (Å²) in [5, 5.41) is 12.1. The van der Waals surface area contributed by atoms with Crippen LogP contribution in [-0.4, -0.2) is 65.8 Å². The summed E-state index contributed by atoms with van der Waals surface area (Å²) >= 11 is 0. The Balaban J connectivity index is 2.39. The number of ether oxygens (including phenoxy) is 5. The highest BCUT2D eigenvalue weighted by Crippen LogP contribution is 2.33.